The lowest BCUT2D eigenvalue weighted by atomic mass is 9.38. The van der Waals surface area contributed by atoms with Crippen molar-refractivity contribution in [2.75, 3.05) is 0 Å². The molecule has 0 bridgehead atoms. The van der Waals surface area contributed by atoms with Crippen molar-refractivity contribution in [3.05, 3.63) is 12.7 Å². The van der Waals surface area contributed by atoms with Gasteiger partial charge in [0.05, 0.1) is 17.8 Å². The maximum absolute atomic E-state index is 13.7. The second-order valence-corrected chi connectivity index (χ2v) is 10.5. The Morgan fingerprint density at radius 1 is 1.30 bits per heavy atom. The standard InChI is InChI=1S/C23H36O7/c1-8-20(6)12-15(26)23(28)21(7,30-20)18(29-13(3)24)16(27)17-19(4,5)11-10-14(25)22(17,23)9-2/h8,14,16-18,25,27-28H,1,9-12H2,2-7H3/t14-,16?,17?,18?,20-,21+,22-,23+/m0/s1. The monoisotopic (exact) mass is 424 g/mol. The summed E-state index contributed by atoms with van der Waals surface area (Å²) in [6, 6.07) is 0. The second kappa shape index (κ2) is 6.86. The summed E-state index contributed by atoms with van der Waals surface area (Å²) < 4.78 is 11.9. The molecule has 0 aromatic carbocycles. The molecule has 8 atom stereocenters. The topological polar surface area (TPSA) is 113 Å². The third kappa shape index (κ3) is 2.65. The number of ether oxygens (including phenoxy) is 2. The first kappa shape index (κ1) is 23.4. The minimum Gasteiger partial charge on any atom is -0.457 e. The van der Waals surface area contributed by atoms with E-state index in [4.69, 9.17) is 9.47 Å². The van der Waals surface area contributed by atoms with E-state index in [1.807, 2.05) is 20.8 Å². The normalized spacial score (nSPS) is 50.2. The van der Waals surface area contributed by atoms with Crippen LogP contribution in [0.1, 0.15) is 67.2 Å². The van der Waals surface area contributed by atoms with Gasteiger partial charge in [-0.05, 0) is 38.5 Å². The average Bonchev–Trinajstić information content (AvgIpc) is 2.64. The van der Waals surface area contributed by atoms with Crippen LogP contribution in [0.2, 0.25) is 0 Å². The smallest absolute Gasteiger partial charge is 0.303 e. The van der Waals surface area contributed by atoms with E-state index in [1.165, 1.54) is 19.9 Å². The number of hydrogen-bond acceptors (Lipinski definition) is 7. The molecule has 7 heteroatoms. The van der Waals surface area contributed by atoms with Crippen LogP contribution in [0.25, 0.3) is 0 Å². The number of rotatable bonds is 3. The largest absolute Gasteiger partial charge is 0.457 e. The van der Waals surface area contributed by atoms with Gasteiger partial charge >= 0.3 is 5.97 Å². The summed E-state index contributed by atoms with van der Waals surface area (Å²) in [4.78, 5) is 25.7. The number of aliphatic hydroxyl groups excluding tert-OH is 2. The summed E-state index contributed by atoms with van der Waals surface area (Å²) in [5.74, 6) is -1.84. The van der Waals surface area contributed by atoms with Crippen LogP contribution in [-0.4, -0.2) is 62.2 Å². The molecule has 1 aliphatic heterocycles. The van der Waals surface area contributed by atoms with E-state index in [1.54, 1.807) is 6.92 Å². The molecular weight excluding hydrogens is 388 g/mol. The van der Waals surface area contributed by atoms with Crippen molar-refractivity contribution < 1.29 is 34.4 Å². The molecule has 170 valence electrons. The molecule has 1 heterocycles. The van der Waals surface area contributed by atoms with Gasteiger partial charge in [0.25, 0.3) is 0 Å². The molecule has 0 amide bonds. The van der Waals surface area contributed by atoms with E-state index in [-0.39, 0.29) is 12.8 Å². The predicted octanol–water partition coefficient (Wildman–Crippen LogP) is 1.91. The molecule has 7 nitrogen and oxygen atoms in total. The van der Waals surface area contributed by atoms with Crippen molar-refractivity contribution >= 4 is 11.8 Å². The van der Waals surface area contributed by atoms with Crippen LogP contribution >= 0.6 is 0 Å². The lowest BCUT2D eigenvalue weighted by Gasteiger charge is -2.72. The molecule has 0 aromatic heterocycles. The van der Waals surface area contributed by atoms with E-state index in [9.17, 15) is 24.9 Å². The number of hydrogen-bond donors (Lipinski definition) is 3. The molecule has 3 aliphatic rings. The number of carbonyl (C=O) groups is 2. The Bertz CT molecular complexity index is 763. The lowest BCUT2D eigenvalue weighted by Crippen LogP contribution is -2.87. The Kier molecular flexibility index (Phi) is 5.35. The summed E-state index contributed by atoms with van der Waals surface area (Å²) in [6.45, 7) is 13.9. The van der Waals surface area contributed by atoms with Gasteiger partial charge in [-0.25, -0.2) is 0 Å². The maximum atomic E-state index is 13.7. The molecule has 2 saturated carbocycles. The van der Waals surface area contributed by atoms with Gasteiger partial charge in [0, 0.05) is 24.7 Å². The first-order valence-electron chi connectivity index (χ1n) is 10.8. The summed E-state index contributed by atoms with van der Waals surface area (Å²) in [6.07, 6.45) is -0.992. The Morgan fingerprint density at radius 2 is 1.90 bits per heavy atom. The number of Topliss-reactive ketones (excluding diaryl/α,β-unsaturated/α-hetero) is 1. The quantitative estimate of drug-likeness (QED) is 0.468. The van der Waals surface area contributed by atoms with Gasteiger partial charge in [0.1, 0.15) is 5.60 Å². The van der Waals surface area contributed by atoms with Crippen LogP contribution < -0.4 is 0 Å². The fourth-order valence-electron chi connectivity index (χ4n) is 7.05. The lowest BCUT2D eigenvalue weighted by molar-refractivity contribution is -0.375. The van der Waals surface area contributed by atoms with Gasteiger partial charge in [-0.15, -0.1) is 6.58 Å². The molecule has 3 fully saturated rings. The molecule has 0 spiro atoms. The van der Waals surface area contributed by atoms with Gasteiger partial charge in [0.15, 0.2) is 17.5 Å². The van der Waals surface area contributed by atoms with Crippen molar-refractivity contribution in [1.82, 2.24) is 0 Å². The molecule has 1 saturated heterocycles. The molecule has 0 aromatic rings. The van der Waals surface area contributed by atoms with Gasteiger partial charge in [-0.2, -0.15) is 0 Å². The van der Waals surface area contributed by atoms with Gasteiger partial charge in [-0.1, -0.05) is 26.8 Å². The van der Waals surface area contributed by atoms with Crippen molar-refractivity contribution in [1.29, 1.82) is 0 Å². The Labute approximate surface area is 178 Å². The van der Waals surface area contributed by atoms with Crippen LogP contribution in [0.4, 0.5) is 0 Å². The van der Waals surface area contributed by atoms with Crippen molar-refractivity contribution in [3.63, 3.8) is 0 Å². The molecule has 3 rings (SSSR count). The Balaban J connectivity index is 2.37. The van der Waals surface area contributed by atoms with Crippen LogP contribution in [0.5, 0.6) is 0 Å². The highest BCUT2D eigenvalue weighted by molar-refractivity contribution is 5.92. The first-order chi connectivity index (χ1) is 13.7. The van der Waals surface area contributed by atoms with Crippen LogP contribution in [0, 0.1) is 16.7 Å². The summed E-state index contributed by atoms with van der Waals surface area (Å²) in [5.41, 5.74) is -6.95. The molecule has 2 aliphatic carbocycles. The van der Waals surface area contributed by atoms with Gasteiger partial charge in [-0.3, -0.25) is 9.59 Å². The highest BCUT2D eigenvalue weighted by Crippen LogP contribution is 2.68. The number of fused-ring (bicyclic) bond motifs is 3. The minimum absolute atomic E-state index is 0.132. The van der Waals surface area contributed by atoms with Crippen molar-refractivity contribution in [3.8, 4) is 0 Å². The highest BCUT2D eigenvalue weighted by Gasteiger charge is 2.82. The van der Waals surface area contributed by atoms with Crippen LogP contribution in [0.15, 0.2) is 12.7 Å². The third-order valence-corrected chi connectivity index (χ3v) is 8.31. The molecule has 30 heavy (non-hydrogen) atoms. The Morgan fingerprint density at radius 3 is 2.40 bits per heavy atom. The van der Waals surface area contributed by atoms with Crippen LogP contribution in [-0.2, 0) is 19.1 Å². The van der Waals surface area contributed by atoms with E-state index < -0.39 is 63.6 Å². The zero-order valence-electron chi connectivity index (χ0n) is 18.9. The third-order valence-electron chi connectivity index (χ3n) is 8.31. The van der Waals surface area contributed by atoms with E-state index in [0.717, 1.165) is 0 Å². The first-order valence-corrected chi connectivity index (χ1v) is 10.8. The summed E-state index contributed by atoms with van der Waals surface area (Å²) >= 11 is 0. The number of ketones is 1. The number of aliphatic hydroxyl groups is 3. The average molecular weight is 425 g/mol. The van der Waals surface area contributed by atoms with Crippen molar-refractivity contribution in [2.24, 2.45) is 16.7 Å². The SMILES string of the molecule is C=C[C@@]1(C)CC(=O)[C@@]2(O)[C@](C)(O1)C(OC(C)=O)C(O)C1C(C)(C)CC[C@H](O)[C@@]12CC. The molecular formula is C23H36O7. The van der Waals surface area contributed by atoms with Gasteiger partial charge in [0.2, 0.25) is 0 Å². The maximum Gasteiger partial charge on any atom is 0.303 e. The zero-order chi connectivity index (χ0) is 22.9. The van der Waals surface area contributed by atoms with E-state index >= 15 is 0 Å². The molecule has 0 radical (unpaired) electrons. The van der Waals surface area contributed by atoms with Gasteiger partial charge < -0.3 is 24.8 Å². The number of esters is 1. The molecule has 3 unspecified atom stereocenters. The zero-order valence-corrected chi connectivity index (χ0v) is 18.9. The fourth-order valence-corrected chi connectivity index (χ4v) is 7.05. The van der Waals surface area contributed by atoms with E-state index in [0.29, 0.717) is 12.8 Å². The molecule has 3 N–H and O–H groups in total. The minimum atomic E-state index is -2.17. The fraction of sp³-hybridized carbons (Fsp3) is 0.826. The Hall–Kier alpha value is -1.28. The van der Waals surface area contributed by atoms with Crippen molar-refractivity contribution in [2.45, 2.75) is 102 Å². The summed E-state index contributed by atoms with van der Waals surface area (Å²) in [5, 5.41) is 35.2. The summed E-state index contributed by atoms with van der Waals surface area (Å²) in [7, 11) is 0. The van der Waals surface area contributed by atoms with E-state index in [2.05, 4.69) is 6.58 Å². The number of carbonyl (C=O) groups excluding carboxylic acids is 2. The van der Waals surface area contributed by atoms with Crippen LogP contribution in [0.3, 0.4) is 0 Å². The predicted molar refractivity (Wildman–Crippen MR) is 109 cm³/mol. The highest BCUT2D eigenvalue weighted by atomic mass is 16.6. The second-order valence-electron chi connectivity index (χ2n) is 10.5.